The molecule has 0 fully saturated rings. The van der Waals surface area contributed by atoms with E-state index in [2.05, 4.69) is 0 Å². The Labute approximate surface area is 88.0 Å². The average molecular weight is 204 g/mol. The number of carbonyl (C=O) groups is 1. The molecule has 1 heterocycles. The van der Waals surface area contributed by atoms with E-state index >= 15 is 0 Å². The van der Waals surface area contributed by atoms with Crippen molar-refractivity contribution in [2.45, 2.75) is 19.4 Å². The van der Waals surface area contributed by atoms with Gasteiger partial charge in [0.15, 0.2) is 6.10 Å². The molecule has 15 heavy (non-hydrogen) atoms. The molecule has 0 spiro atoms. The van der Waals surface area contributed by atoms with E-state index in [1.807, 2.05) is 30.3 Å². The van der Waals surface area contributed by atoms with Crippen LogP contribution in [0.3, 0.4) is 0 Å². The minimum absolute atomic E-state index is 0.0591. The van der Waals surface area contributed by atoms with Gasteiger partial charge in [-0.1, -0.05) is 30.3 Å². The molecule has 1 aromatic carbocycles. The minimum atomic E-state index is -0.504. The van der Waals surface area contributed by atoms with Gasteiger partial charge in [-0.3, -0.25) is 0 Å². The monoisotopic (exact) mass is 204 g/mol. The Bertz CT molecular complexity index is 406. The third kappa shape index (κ3) is 1.86. The Morgan fingerprint density at radius 2 is 2.00 bits per heavy atom. The highest BCUT2D eigenvalue weighted by Crippen LogP contribution is 2.23. The molecule has 1 atom stereocenters. The van der Waals surface area contributed by atoms with Gasteiger partial charge in [0, 0.05) is 6.42 Å². The summed E-state index contributed by atoms with van der Waals surface area (Å²) >= 11 is 0. The fourth-order valence-electron chi connectivity index (χ4n) is 1.60. The van der Waals surface area contributed by atoms with E-state index in [1.165, 1.54) is 0 Å². The van der Waals surface area contributed by atoms with Crippen LogP contribution in [0.25, 0.3) is 0 Å². The lowest BCUT2D eigenvalue weighted by Gasteiger charge is -1.99. The maximum atomic E-state index is 11.4. The number of hydrogen-bond acceptors (Lipinski definition) is 3. The van der Waals surface area contributed by atoms with Crippen LogP contribution >= 0.6 is 0 Å². The van der Waals surface area contributed by atoms with E-state index in [0.29, 0.717) is 12.0 Å². The summed E-state index contributed by atoms with van der Waals surface area (Å²) < 4.78 is 4.90. The highest BCUT2D eigenvalue weighted by atomic mass is 16.6. The summed E-state index contributed by atoms with van der Waals surface area (Å²) in [5.74, 6) is -0.354. The van der Waals surface area contributed by atoms with Crippen LogP contribution in [-0.4, -0.2) is 17.2 Å². The Balaban J connectivity index is 2.23. The van der Waals surface area contributed by atoms with Gasteiger partial charge in [0.25, 0.3) is 0 Å². The molecule has 0 saturated carbocycles. The van der Waals surface area contributed by atoms with Gasteiger partial charge < -0.3 is 9.84 Å². The van der Waals surface area contributed by atoms with Gasteiger partial charge >= 0.3 is 5.97 Å². The van der Waals surface area contributed by atoms with Crippen molar-refractivity contribution in [3.05, 3.63) is 47.2 Å². The summed E-state index contributed by atoms with van der Waals surface area (Å²) in [6.07, 6.45) is -0.0771. The highest BCUT2D eigenvalue weighted by molar-refractivity contribution is 5.92. The van der Waals surface area contributed by atoms with Crippen LogP contribution < -0.4 is 0 Å². The molecule has 1 aliphatic rings. The molecule has 0 saturated heterocycles. The normalized spacial score (nSPS) is 20.6. The predicted octanol–water partition coefficient (Wildman–Crippen LogP) is 1.99. The third-order valence-electron chi connectivity index (χ3n) is 2.45. The molecule has 0 radical (unpaired) electrons. The lowest BCUT2D eigenvalue weighted by atomic mass is 10.0. The van der Waals surface area contributed by atoms with Crippen LogP contribution in [0.15, 0.2) is 41.7 Å². The van der Waals surface area contributed by atoms with Crippen LogP contribution in [0.4, 0.5) is 0 Å². The van der Waals surface area contributed by atoms with Gasteiger partial charge in [0.2, 0.25) is 0 Å². The zero-order valence-corrected chi connectivity index (χ0v) is 8.43. The first-order valence-corrected chi connectivity index (χ1v) is 4.85. The van der Waals surface area contributed by atoms with E-state index in [1.54, 1.807) is 6.92 Å². The molecule has 1 aromatic rings. The first kappa shape index (κ1) is 9.77. The summed E-state index contributed by atoms with van der Waals surface area (Å²) in [5, 5.41) is 9.62. The summed E-state index contributed by atoms with van der Waals surface area (Å²) in [6, 6.07) is 9.54. The van der Waals surface area contributed by atoms with E-state index in [0.717, 1.165) is 5.56 Å². The minimum Gasteiger partial charge on any atom is -0.508 e. The van der Waals surface area contributed by atoms with Gasteiger partial charge in [0.05, 0.1) is 5.57 Å². The number of aliphatic hydroxyl groups excluding tert-OH is 1. The van der Waals surface area contributed by atoms with Gasteiger partial charge in [-0.15, -0.1) is 0 Å². The molecule has 1 aliphatic heterocycles. The molecule has 0 bridgehead atoms. The molecule has 1 unspecified atom stereocenters. The standard InChI is InChI=1S/C12H12O3/c1-8-11(13)10(12(14)15-8)7-9-5-3-2-4-6-9/h2-6,8,13H,7H2,1H3. The molecule has 3 heteroatoms. The maximum absolute atomic E-state index is 11.4. The lowest BCUT2D eigenvalue weighted by Crippen LogP contribution is -2.05. The van der Waals surface area contributed by atoms with E-state index in [-0.39, 0.29) is 5.76 Å². The van der Waals surface area contributed by atoms with Crippen molar-refractivity contribution in [3.63, 3.8) is 0 Å². The molecule has 0 aromatic heterocycles. The number of benzene rings is 1. The summed E-state index contributed by atoms with van der Waals surface area (Å²) in [5.41, 5.74) is 1.36. The van der Waals surface area contributed by atoms with Crippen molar-refractivity contribution in [2.75, 3.05) is 0 Å². The van der Waals surface area contributed by atoms with Gasteiger partial charge in [-0.05, 0) is 12.5 Å². The lowest BCUT2D eigenvalue weighted by molar-refractivity contribution is -0.139. The summed E-state index contributed by atoms with van der Waals surface area (Å²) in [7, 11) is 0. The zero-order chi connectivity index (χ0) is 10.8. The first-order valence-electron chi connectivity index (χ1n) is 4.85. The van der Waals surface area contributed by atoms with Crippen LogP contribution in [0.5, 0.6) is 0 Å². The van der Waals surface area contributed by atoms with Crippen LogP contribution in [-0.2, 0) is 16.0 Å². The molecule has 0 amide bonds. The fourth-order valence-corrected chi connectivity index (χ4v) is 1.60. The van der Waals surface area contributed by atoms with E-state index in [4.69, 9.17) is 4.74 Å². The van der Waals surface area contributed by atoms with Gasteiger partial charge in [-0.2, -0.15) is 0 Å². The predicted molar refractivity (Wildman–Crippen MR) is 55.4 cm³/mol. The molecule has 1 N–H and O–H groups in total. The quantitative estimate of drug-likeness (QED) is 0.749. The molecular weight excluding hydrogens is 192 g/mol. The number of rotatable bonds is 2. The van der Waals surface area contributed by atoms with Crippen molar-refractivity contribution in [1.29, 1.82) is 0 Å². The van der Waals surface area contributed by atoms with Crippen LogP contribution in [0, 0.1) is 0 Å². The highest BCUT2D eigenvalue weighted by Gasteiger charge is 2.30. The third-order valence-corrected chi connectivity index (χ3v) is 2.45. The van der Waals surface area contributed by atoms with E-state index < -0.39 is 12.1 Å². The average Bonchev–Trinajstić information content (AvgIpc) is 2.47. The molecule has 3 nitrogen and oxygen atoms in total. The maximum Gasteiger partial charge on any atom is 0.338 e. The SMILES string of the molecule is CC1OC(=O)C(Cc2ccccc2)=C1O. The molecule has 2 rings (SSSR count). The van der Waals surface area contributed by atoms with Gasteiger partial charge in [-0.25, -0.2) is 4.79 Å². The van der Waals surface area contributed by atoms with Crippen molar-refractivity contribution in [1.82, 2.24) is 0 Å². The first-order chi connectivity index (χ1) is 7.18. The van der Waals surface area contributed by atoms with Crippen molar-refractivity contribution in [3.8, 4) is 0 Å². The Morgan fingerprint density at radius 1 is 1.33 bits per heavy atom. The van der Waals surface area contributed by atoms with Crippen molar-refractivity contribution in [2.24, 2.45) is 0 Å². The summed E-state index contributed by atoms with van der Waals surface area (Å²) in [4.78, 5) is 11.4. The van der Waals surface area contributed by atoms with Gasteiger partial charge in [0.1, 0.15) is 5.76 Å². The molecular formula is C12H12O3. The Kier molecular flexibility index (Phi) is 2.46. The van der Waals surface area contributed by atoms with E-state index in [9.17, 15) is 9.90 Å². The number of esters is 1. The second kappa shape index (κ2) is 3.77. The topological polar surface area (TPSA) is 46.5 Å². The van der Waals surface area contributed by atoms with Crippen LogP contribution in [0.1, 0.15) is 12.5 Å². The van der Waals surface area contributed by atoms with Crippen molar-refractivity contribution < 1.29 is 14.6 Å². The second-order valence-corrected chi connectivity index (χ2v) is 3.57. The number of hydrogen-bond donors (Lipinski definition) is 1. The summed E-state index contributed by atoms with van der Waals surface area (Å²) in [6.45, 7) is 1.66. The Hall–Kier alpha value is -1.77. The smallest absolute Gasteiger partial charge is 0.338 e. The molecule has 0 aliphatic carbocycles. The molecule has 78 valence electrons. The number of cyclic esters (lactones) is 1. The number of aliphatic hydroxyl groups is 1. The van der Waals surface area contributed by atoms with Crippen LogP contribution in [0.2, 0.25) is 0 Å². The Morgan fingerprint density at radius 3 is 2.53 bits per heavy atom. The zero-order valence-electron chi connectivity index (χ0n) is 8.43. The largest absolute Gasteiger partial charge is 0.508 e. The van der Waals surface area contributed by atoms with Crippen molar-refractivity contribution >= 4 is 5.97 Å². The fraction of sp³-hybridized carbons (Fsp3) is 0.250. The number of carbonyl (C=O) groups excluding carboxylic acids is 1. The second-order valence-electron chi connectivity index (χ2n) is 3.57. The number of ether oxygens (including phenoxy) is 1.